The largest absolute Gasteiger partial charge is 0.334 e. The van der Waals surface area contributed by atoms with Gasteiger partial charge in [0.15, 0.2) is 12.0 Å². The summed E-state index contributed by atoms with van der Waals surface area (Å²) in [5.74, 6) is -0.448. The molecule has 0 fully saturated rings. The summed E-state index contributed by atoms with van der Waals surface area (Å²) in [5, 5.41) is 10.0. The highest BCUT2D eigenvalue weighted by Crippen LogP contribution is 2.08. The number of carbonyl (C=O) groups excluding carboxylic acids is 1. The maximum Gasteiger partial charge on any atom is 0.319 e. The van der Waals surface area contributed by atoms with E-state index in [4.69, 9.17) is 0 Å². The maximum absolute atomic E-state index is 11.0. The highest BCUT2D eigenvalue weighted by atomic mass is 16.2. The van der Waals surface area contributed by atoms with Crippen molar-refractivity contribution in [3.63, 3.8) is 0 Å². The van der Waals surface area contributed by atoms with Gasteiger partial charge < -0.3 is 4.98 Å². The van der Waals surface area contributed by atoms with Gasteiger partial charge in [-0.3, -0.25) is 4.79 Å². The fraction of sp³-hybridized carbons (Fsp3) is 0.167. The van der Waals surface area contributed by atoms with Crippen LogP contribution in [0, 0.1) is 13.3 Å². The van der Waals surface area contributed by atoms with Gasteiger partial charge in [-0.15, -0.1) is 5.10 Å². The number of nitrogens with one attached hydrogen (secondary N) is 1. The summed E-state index contributed by atoms with van der Waals surface area (Å²) < 4.78 is 0. The summed E-state index contributed by atoms with van der Waals surface area (Å²) in [4.78, 5) is 17.4. The molecule has 12 heavy (non-hydrogen) atoms. The molecule has 1 aromatic rings. The van der Waals surface area contributed by atoms with Crippen molar-refractivity contribution in [2.75, 3.05) is 0 Å². The van der Waals surface area contributed by atoms with Gasteiger partial charge in [-0.2, -0.15) is 0 Å². The molecule has 2 rings (SSSR count). The quantitative estimate of drug-likeness (QED) is 0.640. The van der Waals surface area contributed by atoms with Crippen LogP contribution in [0.15, 0.2) is 15.4 Å². The van der Waals surface area contributed by atoms with Gasteiger partial charge in [-0.1, -0.05) is 5.11 Å². The number of aromatic nitrogens is 2. The van der Waals surface area contributed by atoms with Crippen LogP contribution in [0.2, 0.25) is 0 Å². The van der Waals surface area contributed by atoms with Gasteiger partial charge in [0.1, 0.15) is 0 Å². The number of aromatic amines is 1. The van der Waals surface area contributed by atoms with Gasteiger partial charge in [0.05, 0.1) is 11.4 Å². The summed E-state index contributed by atoms with van der Waals surface area (Å²) in [6.07, 6.45) is 2.50. The minimum atomic E-state index is -0.448. The van der Waals surface area contributed by atoms with Crippen molar-refractivity contribution >= 4 is 11.6 Å². The average molecular weight is 162 g/mol. The van der Waals surface area contributed by atoms with Crippen LogP contribution in [0.5, 0.6) is 0 Å². The molecule has 2 heterocycles. The first-order valence-corrected chi connectivity index (χ1v) is 3.25. The average Bonchev–Trinajstić information content (AvgIpc) is 2.59. The Morgan fingerprint density at radius 3 is 2.83 bits per heavy atom. The number of rotatable bonds is 1. The minimum Gasteiger partial charge on any atom is -0.334 e. The lowest BCUT2D eigenvalue weighted by Gasteiger charge is -1.91. The third-order valence-electron chi connectivity index (χ3n) is 1.49. The second kappa shape index (κ2) is 2.33. The van der Waals surface area contributed by atoms with Crippen LogP contribution in [0.3, 0.4) is 0 Å². The van der Waals surface area contributed by atoms with Gasteiger partial charge in [0.2, 0.25) is 0 Å². The van der Waals surface area contributed by atoms with Gasteiger partial charge in [0, 0.05) is 0 Å². The number of H-pyrrole nitrogens is 1. The Kier molecular flexibility index (Phi) is 1.33. The maximum atomic E-state index is 11.0. The van der Waals surface area contributed by atoms with E-state index in [1.54, 1.807) is 6.92 Å². The molecule has 0 bridgehead atoms. The third-order valence-corrected chi connectivity index (χ3v) is 1.49. The van der Waals surface area contributed by atoms with Crippen molar-refractivity contribution in [3.05, 3.63) is 17.7 Å². The molecule has 59 valence electrons. The topological polar surface area (TPSA) is 82.8 Å². The first kappa shape index (κ1) is 6.84. The number of carbonyl (C=O) groups is 1. The second-order valence-electron chi connectivity index (χ2n) is 2.25. The van der Waals surface area contributed by atoms with E-state index in [-0.39, 0.29) is 5.71 Å². The number of amides is 1. The van der Waals surface area contributed by atoms with E-state index in [2.05, 4.69) is 31.7 Å². The fourth-order valence-electron chi connectivity index (χ4n) is 0.899. The molecular formula is C6H4N5O. The first-order chi connectivity index (χ1) is 5.79. The monoisotopic (exact) mass is 162 g/mol. The molecule has 1 aliphatic heterocycles. The number of hydrogen-bond acceptors (Lipinski definition) is 4. The normalized spacial score (nSPS) is 15.4. The lowest BCUT2D eigenvalue weighted by Crippen LogP contribution is -2.10. The fourth-order valence-corrected chi connectivity index (χ4v) is 0.899. The zero-order valence-corrected chi connectivity index (χ0v) is 6.20. The van der Waals surface area contributed by atoms with Gasteiger partial charge in [-0.25, -0.2) is 4.98 Å². The Morgan fingerprint density at radius 1 is 1.50 bits per heavy atom. The van der Waals surface area contributed by atoms with Gasteiger partial charge in [-0.05, 0) is 12.1 Å². The Labute approximate surface area is 67.4 Å². The molecule has 1 amide bonds. The molecule has 0 saturated carbocycles. The molecule has 0 atom stereocenters. The molecule has 0 aliphatic carbocycles. The standard InChI is InChI=1S/C6H4N5O/c1-3-4(8-2-7-3)5-6(12)10-11-9-5/h1H3,(H,7,8). The van der Waals surface area contributed by atoms with E-state index in [1.807, 2.05) is 0 Å². The van der Waals surface area contributed by atoms with Crippen LogP contribution in [0.25, 0.3) is 0 Å². The van der Waals surface area contributed by atoms with Crippen LogP contribution in [-0.2, 0) is 4.79 Å². The molecule has 6 nitrogen and oxygen atoms in total. The van der Waals surface area contributed by atoms with Crippen molar-refractivity contribution in [3.8, 4) is 0 Å². The number of imidazole rings is 1. The summed E-state index contributed by atoms with van der Waals surface area (Å²) in [6.45, 7) is 1.75. The molecule has 0 spiro atoms. The zero-order chi connectivity index (χ0) is 8.55. The van der Waals surface area contributed by atoms with Crippen molar-refractivity contribution in [1.29, 1.82) is 0 Å². The molecule has 0 saturated heterocycles. The highest BCUT2D eigenvalue weighted by Gasteiger charge is 2.21. The van der Waals surface area contributed by atoms with E-state index >= 15 is 0 Å². The summed E-state index contributed by atoms with van der Waals surface area (Å²) in [5.41, 5.74) is 1.39. The molecule has 1 aliphatic rings. The van der Waals surface area contributed by atoms with Crippen molar-refractivity contribution in [2.45, 2.75) is 6.92 Å². The molecular weight excluding hydrogens is 158 g/mol. The van der Waals surface area contributed by atoms with Crippen molar-refractivity contribution in [1.82, 2.24) is 9.97 Å². The minimum absolute atomic E-state index is 0.196. The summed E-state index contributed by atoms with van der Waals surface area (Å²) in [7, 11) is 0. The number of nitrogens with zero attached hydrogens (tertiary/aromatic N) is 4. The second-order valence-corrected chi connectivity index (χ2v) is 2.25. The van der Waals surface area contributed by atoms with Crippen LogP contribution >= 0.6 is 0 Å². The number of hydrogen-bond donors (Lipinski definition) is 1. The predicted molar refractivity (Wildman–Crippen MR) is 38.6 cm³/mol. The molecule has 1 aromatic heterocycles. The van der Waals surface area contributed by atoms with Crippen LogP contribution < -0.4 is 0 Å². The molecule has 0 aromatic carbocycles. The first-order valence-electron chi connectivity index (χ1n) is 3.25. The highest BCUT2D eigenvalue weighted by molar-refractivity contribution is 6.46. The van der Waals surface area contributed by atoms with E-state index in [0.29, 0.717) is 11.4 Å². The Bertz CT molecular complexity index is 388. The molecule has 1 N–H and O–H groups in total. The zero-order valence-electron chi connectivity index (χ0n) is 6.20. The smallest absolute Gasteiger partial charge is 0.319 e. The van der Waals surface area contributed by atoms with E-state index < -0.39 is 5.91 Å². The predicted octanol–water partition coefficient (Wildman–Crippen LogP) is 0.215. The van der Waals surface area contributed by atoms with Crippen molar-refractivity contribution < 1.29 is 4.79 Å². The lowest BCUT2D eigenvalue weighted by molar-refractivity contribution is -0.111. The third kappa shape index (κ3) is 0.849. The van der Waals surface area contributed by atoms with Crippen LogP contribution in [0.1, 0.15) is 11.4 Å². The van der Waals surface area contributed by atoms with Gasteiger partial charge in [0.25, 0.3) is 0 Å². The molecule has 6 heteroatoms. The molecule has 1 radical (unpaired) electrons. The SMILES string of the molecule is Cc1n[c][nH]c1C1=NN=NC1=O. The van der Waals surface area contributed by atoms with Gasteiger partial charge >= 0.3 is 5.91 Å². The van der Waals surface area contributed by atoms with E-state index in [1.165, 1.54) is 0 Å². The summed E-state index contributed by atoms with van der Waals surface area (Å²) >= 11 is 0. The lowest BCUT2D eigenvalue weighted by atomic mass is 10.2. The Hall–Kier alpha value is -1.85. The summed E-state index contributed by atoms with van der Waals surface area (Å²) in [6, 6.07) is 0. The molecule has 0 unspecified atom stereocenters. The Balaban J connectivity index is 2.46. The van der Waals surface area contributed by atoms with E-state index in [0.717, 1.165) is 0 Å². The van der Waals surface area contributed by atoms with Crippen LogP contribution in [0.4, 0.5) is 0 Å². The Morgan fingerprint density at radius 2 is 2.33 bits per heavy atom. The van der Waals surface area contributed by atoms with E-state index in [9.17, 15) is 4.79 Å². The van der Waals surface area contributed by atoms with Crippen molar-refractivity contribution in [2.24, 2.45) is 15.4 Å². The van der Waals surface area contributed by atoms with Crippen LogP contribution in [-0.4, -0.2) is 21.6 Å². The number of aryl methyl sites for hydroxylation is 1.